The lowest BCUT2D eigenvalue weighted by Crippen LogP contribution is -2.17. The molecule has 0 bridgehead atoms. The SMILES string of the molecule is CCNC(C)c1ccc2c(c1)CC(=O)N2. The van der Waals surface area contributed by atoms with Gasteiger partial charge in [0.1, 0.15) is 0 Å². The molecule has 80 valence electrons. The number of carbonyl (C=O) groups is 1. The van der Waals surface area contributed by atoms with E-state index in [0.29, 0.717) is 12.5 Å². The van der Waals surface area contributed by atoms with Crippen LogP contribution >= 0.6 is 0 Å². The van der Waals surface area contributed by atoms with Gasteiger partial charge in [0.15, 0.2) is 0 Å². The number of hydrogen-bond donors (Lipinski definition) is 2. The molecule has 2 rings (SSSR count). The minimum absolute atomic E-state index is 0.0956. The molecule has 1 aromatic carbocycles. The van der Waals surface area contributed by atoms with Crippen molar-refractivity contribution in [3.63, 3.8) is 0 Å². The van der Waals surface area contributed by atoms with Crippen LogP contribution in [0.15, 0.2) is 18.2 Å². The smallest absolute Gasteiger partial charge is 0.228 e. The lowest BCUT2D eigenvalue weighted by Gasteiger charge is -2.13. The standard InChI is InChI=1S/C12H16N2O/c1-3-13-8(2)9-4-5-11-10(6-9)7-12(15)14-11/h4-6,8,13H,3,7H2,1-2H3,(H,14,15). The summed E-state index contributed by atoms with van der Waals surface area (Å²) in [5, 5.41) is 6.19. The summed E-state index contributed by atoms with van der Waals surface area (Å²) in [7, 11) is 0. The first kappa shape index (κ1) is 10.2. The fourth-order valence-electron chi connectivity index (χ4n) is 1.94. The summed E-state index contributed by atoms with van der Waals surface area (Å²) in [4.78, 5) is 11.2. The van der Waals surface area contributed by atoms with Gasteiger partial charge < -0.3 is 10.6 Å². The summed E-state index contributed by atoms with van der Waals surface area (Å²) in [6.45, 7) is 5.18. The van der Waals surface area contributed by atoms with Crippen molar-refractivity contribution in [1.29, 1.82) is 0 Å². The molecule has 1 aliphatic heterocycles. The van der Waals surface area contributed by atoms with Crippen LogP contribution in [0.25, 0.3) is 0 Å². The van der Waals surface area contributed by atoms with Crippen LogP contribution < -0.4 is 10.6 Å². The van der Waals surface area contributed by atoms with Gasteiger partial charge in [0.05, 0.1) is 6.42 Å². The Hall–Kier alpha value is -1.35. The van der Waals surface area contributed by atoms with E-state index in [0.717, 1.165) is 17.8 Å². The van der Waals surface area contributed by atoms with Gasteiger partial charge in [-0.3, -0.25) is 4.79 Å². The molecule has 15 heavy (non-hydrogen) atoms. The second-order valence-corrected chi connectivity index (χ2v) is 3.92. The molecule has 0 spiro atoms. The van der Waals surface area contributed by atoms with Gasteiger partial charge in [0.2, 0.25) is 5.91 Å². The maximum atomic E-state index is 11.2. The van der Waals surface area contributed by atoms with E-state index in [4.69, 9.17) is 0 Å². The molecule has 1 aliphatic rings. The summed E-state index contributed by atoms with van der Waals surface area (Å²) in [5.74, 6) is 0.0956. The molecule has 0 radical (unpaired) electrons. The summed E-state index contributed by atoms with van der Waals surface area (Å²) >= 11 is 0. The normalized spacial score (nSPS) is 16.0. The number of nitrogens with one attached hydrogen (secondary N) is 2. The van der Waals surface area contributed by atoms with Crippen molar-refractivity contribution < 1.29 is 4.79 Å². The minimum atomic E-state index is 0.0956. The summed E-state index contributed by atoms with van der Waals surface area (Å²) in [6, 6.07) is 6.51. The molecule has 1 heterocycles. The van der Waals surface area contributed by atoms with Crippen LogP contribution in [0.3, 0.4) is 0 Å². The second-order valence-electron chi connectivity index (χ2n) is 3.92. The van der Waals surface area contributed by atoms with Crippen LogP contribution in [-0.2, 0) is 11.2 Å². The summed E-state index contributed by atoms with van der Waals surface area (Å²) < 4.78 is 0. The molecule has 0 saturated heterocycles. The van der Waals surface area contributed by atoms with E-state index in [-0.39, 0.29) is 5.91 Å². The molecule has 0 saturated carbocycles. The average molecular weight is 204 g/mol. The topological polar surface area (TPSA) is 41.1 Å². The molecular formula is C12H16N2O. The van der Waals surface area contributed by atoms with Crippen molar-refractivity contribution in [3.8, 4) is 0 Å². The molecule has 0 fully saturated rings. The number of anilines is 1. The van der Waals surface area contributed by atoms with Crippen LogP contribution in [0.2, 0.25) is 0 Å². The van der Waals surface area contributed by atoms with E-state index in [2.05, 4.69) is 36.6 Å². The maximum absolute atomic E-state index is 11.2. The first-order valence-corrected chi connectivity index (χ1v) is 5.36. The number of rotatable bonds is 3. The lowest BCUT2D eigenvalue weighted by atomic mass is 10.0. The van der Waals surface area contributed by atoms with Crippen LogP contribution in [0, 0.1) is 0 Å². The molecule has 1 atom stereocenters. The van der Waals surface area contributed by atoms with Crippen LogP contribution in [0.5, 0.6) is 0 Å². The number of fused-ring (bicyclic) bond motifs is 1. The highest BCUT2D eigenvalue weighted by Crippen LogP contribution is 2.26. The Morgan fingerprint density at radius 2 is 2.33 bits per heavy atom. The molecule has 1 amide bonds. The number of amides is 1. The number of carbonyl (C=O) groups excluding carboxylic acids is 1. The maximum Gasteiger partial charge on any atom is 0.228 e. The number of benzene rings is 1. The van der Waals surface area contributed by atoms with Gasteiger partial charge in [-0.1, -0.05) is 19.1 Å². The molecule has 1 unspecified atom stereocenters. The molecule has 0 aliphatic carbocycles. The fraction of sp³-hybridized carbons (Fsp3) is 0.417. The Bertz CT molecular complexity index is 387. The zero-order chi connectivity index (χ0) is 10.8. The van der Waals surface area contributed by atoms with Gasteiger partial charge in [-0.15, -0.1) is 0 Å². The van der Waals surface area contributed by atoms with Gasteiger partial charge in [0, 0.05) is 11.7 Å². The molecule has 3 heteroatoms. The van der Waals surface area contributed by atoms with E-state index in [1.165, 1.54) is 5.56 Å². The first-order chi connectivity index (χ1) is 7.20. The Morgan fingerprint density at radius 3 is 3.07 bits per heavy atom. The van der Waals surface area contributed by atoms with Crippen molar-refractivity contribution >= 4 is 11.6 Å². The summed E-state index contributed by atoms with van der Waals surface area (Å²) in [5.41, 5.74) is 3.32. The van der Waals surface area contributed by atoms with Crippen molar-refractivity contribution in [3.05, 3.63) is 29.3 Å². The third kappa shape index (κ3) is 2.02. The van der Waals surface area contributed by atoms with E-state index in [1.807, 2.05) is 6.07 Å². The van der Waals surface area contributed by atoms with Crippen LogP contribution in [0.4, 0.5) is 5.69 Å². The Kier molecular flexibility index (Phi) is 2.73. The monoisotopic (exact) mass is 204 g/mol. The minimum Gasteiger partial charge on any atom is -0.326 e. The van der Waals surface area contributed by atoms with Crippen molar-refractivity contribution in [2.24, 2.45) is 0 Å². The van der Waals surface area contributed by atoms with Gasteiger partial charge in [-0.2, -0.15) is 0 Å². The van der Waals surface area contributed by atoms with E-state index >= 15 is 0 Å². The van der Waals surface area contributed by atoms with Gasteiger partial charge >= 0.3 is 0 Å². The lowest BCUT2D eigenvalue weighted by molar-refractivity contribution is -0.115. The Labute approximate surface area is 89.9 Å². The summed E-state index contributed by atoms with van der Waals surface area (Å²) in [6.07, 6.45) is 0.516. The predicted molar refractivity (Wildman–Crippen MR) is 60.9 cm³/mol. The third-order valence-corrected chi connectivity index (χ3v) is 2.76. The Morgan fingerprint density at radius 1 is 1.53 bits per heavy atom. The second kappa shape index (κ2) is 4.03. The van der Waals surface area contributed by atoms with Gasteiger partial charge in [-0.05, 0) is 30.7 Å². The van der Waals surface area contributed by atoms with Crippen molar-refractivity contribution in [2.75, 3.05) is 11.9 Å². The van der Waals surface area contributed by atoms with Gasteiger partial charge in [-0.25, -0.2) is 0 Å². The fourth-order valence-corrected chi connectivity index (χ4v) is 1.94. The largest absolute Gasteiger partial charge is 0.326 e. The molecule has 2 N–H and O–H groups in total. The Balaban J connectivity index is 2.23. The van der Waals surface area contributed by atoms with Crippen LogP contribution in [-0.4, -0.2) is 12.5 Å². The van der Waals surface area contributed by atoms with E-state index < -0.39 is 0 Å². The van der Waals surface area contributed by atoms with Crippen molar-refractivity contribution in [2.45, 2.75) is 26.3 Å². The molecular weight excluding hydrogens is 188 g/mol. The molecule has 3 nitrogen and oxygen atoms in total. The highest BCUT2D eigenvalue weighted by atomic mass is 16.1. The number of hydrogen-bond acceptors (Lipinski definition) is 2. The average Bonchev–Trinajstić information content (AvgIpc) is 2.57. The van der Waals surface area contributed by atoms with Crippen molar-refractivity contribution in [1.82, 2.24) is 5.32 Å². The third-order valence-electron chi connectivity index (χ3n) is 2.76. The van der Waals surface area contributed by atoms with Gasteiger partial charge in [0.25, 0.3) is 0 Å². The zero-order valence-corrected chi connectivity index (χ0v) is 9.13. The quantitative estimate of drug-likeness (QED) is 0.789. The first-order valence-electron chi connectivity index (χ1n) is 5.36. The zero-order valence-electron chi connectivity index (χ0n) is 9.13. The molecule has 1 aromatic rings. The van der Waals surface area contributed by atoms with Crippen LogP contribution in [0.1, 0.15) is 31.0 Å². The molecule has 0 aromatic heterocycles. The highest BCUT2D eigenvalue weighted by molar-refractivity contribution is 5.99. The van der Waals surface area contributed by atoms with E-state index in [9.17, 15) is 4.79 Å². The van der Waals surface area contributed by atoms with E-state index in [1.54, 1.807) is 0 Å². The predicted octanol–water partition coefficient (Wildman–Crippen LogP) is 1.85. The highest BCUT2D eigenvalue weighted by Gasteiger charge is 2.18.